The van der Waals surface area contributed by atoms with Gasteiger partial charge in [-0.3, -0.25) is 0 Å². The molecule has 2 nitrogen and oxygen atoms in total. The van der Waals surface area contributed by atoms with Crippen LogP contribution in [0, 0.1) is 0 Å². The average molecular weight is 202 g/mol. The summed E-state index contributed by atoms with van der Waals surface area (Å²) in [4.78, 5) is 2.57. The van der Waals surface area contributed by atoms with Gasteiger partial charge in [0.1, 0.15) is 0 Å². The minimum atomic E-state index is 0.711. The van der Waals surface area contributed by atoms with Crippen molar-refractivity contribution in [2.45, 2.75) is 31.7 Å². The van der Waals surface area contributed by atoms with Crippen LogP contribution in [0.4, 0.5) is 0 Å². The summed E-state index contributed by atoms with van der Waals surface area (Å²) in [7, 11) is 2.08. The molecule has 1 unspecified atom stereocenters. The summed E-state index contributed by atoms with van der Waals surface area (Å²) in [6, 6.07) is 0.711. The van der Waals surface area contributed by atoms with Crippen LogP contribution in [0.25, 0.3) is 0 Å². The molecule has 0 amide bonds. The van der Waals surface area contributed by atoms with Gasteiger partial charge in [-0.25, -0.2) is 0 Å². The van der Waals surface area contributed by atoms with Crippen molar-refractivity contribution in [3.63, 3.8) is 0 Å². The van der Waals surface area contributed by atoms with Crippen LogP contribution in [-0.4, -0.2) is 43.4 Å². The highest BCUT2D eigenvalue weighted by atomic mass is 32.1. The molecule has 0 aromatic rings. The fraction of sp³-hybridized carbons (Fsp3) is 1.00. The molecule has 13 heavy (non-hydrogen) atoms. The van der Waals surface area contributed by atoms with E-state index in [1.807, 2.05) is 0 Å². The third-order valence-electron chi connectivity index (χ3n) is 2.80. The number of thiol groups is 1. The smallest absolute Gasteiger partial charge is 0.0192 e. The first kappa shape index (κ1) is 11.3. The van der Waals surface area contributed by atoms with Gasteiger partial charge in [-0.15, -0.1) is 0 Å². The Hall–Kier alpha value is 0.270. The molecule has 0 bridgehead atoms. The van der Waals surface area contributed by atoms with Crippen LogP contribution in [-0.2, 0) is 0 Å². The summed E-state index contributed by atoms with van der Waals surface area (Å²) < 4.78 is 0. The number of rotatable bonds is 4. The first-order valence-electron chi connectivity index (χ1n) is 5.37. The summed E-state index contributed by atoms with van der Waals surface area (Å²) in [6.07, 6.45) is 5.31. The Balaban J connectivity index is 2.26. The molecule has 1 N–H and O–H groups in total. The van der Waals surface area contributed by atoms with Crippen molar-refractivity contribution in [3.8, 4) is 0 Å². The predicted molar refractivity (Wildman–Crippen MR) is 61.6 cm³/mol. The number of likely N-dealkylation sites (tertiary alicyclic amines) is 1. The zero-order chi connectivity index (χ0) is 9.52. The zero-order valence-corrected chi connectivity index (χ0v) is 9.52. The van der Waals surface area contributed by atoms with Crippen molar-refractivity contribution in [1.82, 2.24) is 10.2 Å². The van der Waals surface area contributed by atoms with Crippen molar-refractivity contribution in [3.05, 3.63) is 0 Å². The second-order valence-electron chi connectivity index (χ2n) is 3.86. The van der Waals surface area contributed by atoms with Crippen LogP contribution < -0.4 is 5.32 Å². The molecule has 78 valence electrons. The number of nitrogens with zero attached hydrogens (tertiary/aromatic N) is 1. The van der Waals surface area contributed by atoms with E-state index in [9.17, 15) is 0 Å². The first-order chi connectivity index (χ1) is 6.36. The Morgan fingerprint density at radius 2 is 2.31 bits per heavy atom. The molecule has 1 fully saturated rings. The maximum absolute atomic E-state index is 4.25. The number of hydrogen-bond acceptors (Lipinski definition) is 3. The predicted octanol–water partition coefficient (Wildman–Crippen LogP) is 1.38. The van der Waals surface area contributed by atoms with Crippen LogP contribution in [0.1, 0.15) is 25.7 Å². The van der Waals surface area contributed by atoms with E-state index < -0.39 is 0 Å². The molecule has 0 radical (unpaired) electrons. The second kappa shape index (κ2) is 6.68. The summed E-state index contributed by atoms with van der Waals surface area (Å²) in [5.41, 5.74) is 0. The Kier molecular flexibility index (Phi) is 5.83. The van der Waals surface area contributed by atoms with E-state index in [4.69, 9.17) is 0 Å². The van der Waals surface area contributed by atoms with Crippen LogP contribution >= 0.6 is 12.6 Å². The molecule has 0 aliphatic carbocycles. The van der Waals surface area contributed by atoms with E-state index >= 15 is 0 Å². The maximum atomic E-state index is 4.25. The highest BCUT2D eigenvalue weighted by Gasteiger charge is 2.15. The lowest BCUT2D eigenvalue weighted by Gasteiger charge is -2.23. The van der Waals surface area contributed by atoms with Crippen molar-refractivity contribution in [2.24, 2.45) is 0 Å². The number of likely N-dealkylation sites (N-methyl/N-ethyl adjacent to an activating group) is 1. The summed E-state index contributed by atoms with van der Waals surface area (Å²) in [5, 5.41) is 3.39. The number of hydrogen-bond donors (Lipinski definition) is 2. The minimum absolute atomic E-state index is 0.711. The van der Waals surface area contributed by atoms with E-state index in [1.165, 1.54) is 45.3 Å². The quantitative estimate of drug-likeness (QED) is 0.670. The molecule has 3 heteroatoms. The largest absolute Gasteiger partial charge is 0.316 e. The van der Waals surface area contributed by atoms with Gasteiger partial charge in [0.15, 0.2) is 0 Å². The summed E-state index contributed by atoms with van der Waals surface area (Å²) >= 11 is 4.25. The lowest BCUT2D eigenvalue weighted by molar-refractivity contribution is 0.264. The van der Waals surface area contributed by atoms with Gasteiger partial charge in [-0.1, -0.05) is 6.42 Å². The van der Waals surface area contributed by atoms with Gasteiger partial charge in [-0.05, 0) is 45.2 Å². The fourth-order valence-electron chi connectivity index (χ4n) is 1.95. The highest BCUT2D eigenvalue weighted by molar-refractivity contribution is 7.80. The maximum Gasteiger partial charge on any atom is 0.0192 e. The van der Waals surface area contributed by atoms with Gasteiger partial charge in [0.05, 0.1) is 0 Å². The van der Waals surface area contributed by atoms with E-state index in [2.05, 4.69) is 29.9 Å². The van der Waals surface area contributed by atoms with Crippen molar-refractivity contribution in [1.29, 1.82) is 0 Å². The molecule has 1 heterocycles. The molecule has 1 atom stereocenters. The molecule has 0 aromatic carbocycles. The Morgan fingerprint density at radius 1 is 1.46 bits per heavy atom. The number of nitrogens with one attached hydrogen (secondary N) is 1. The van der Waals surface area contributed by atoms with Gasteiger partial charge < -0.3 is 10.2 Å². The molecule has 0 saturated carbocycles. The lowest BCUT2D eigenvalue weighted by Crippen LogP contribution is -2.38. The van der Waals surface area contributed by atoms with E-state index in [-0.39, 0.29) is 0 Å². The van der Waals surface area contributed by atoms with Crippen LogP contribution in [0.3, 0.4) is 0 Å². The van der Waals surface area contributed by atoms with Gasteiger partial charge >= 0.3 is 0 Å². The van der Waals surface area contributed by atoms with Crippen molar-refractivity contribution < 1.29 is 0 Å². The molecule has 1 aliphatic heterocycles. The van der Waals surface area contributed by atoms with Crippen LogP contribution in [0.5, 0.6) is 0 Å². The Labute approximate surface area is 87.5 Å². The van der Waals surface area contributed by atoms with Crippen molar-refractivity contribution >= 4 is 12.6 Å². The molecule has 0 spiro atoms. The fourth-order valence-corrected chi connectivity index (χ4v) is 2.09. The van der Waals surface area contributed by atoms with Gasteiger partial charge in [0.25, 0.3) is 0 Å². The summed E-state index contributed by atoms with van der Waals surface area (Å²) in [5.74, 6) is 1.01. The second-order valence-corrected chi connectivity index (χ2v) is 4.31. The first-order valence-corrected chi connectivity index (χ1v) is 6.00. The monoisotopic (exact) mass is 202 g/mol. The van der Waals surface area contributed by atoms with Gasteiger partial charge in [0, 0.05) is 12.6 Å². The Morgan fingerprint density at radius 3 is 3.00 bits per heavy atom. The molecule has 1 rings (SSSR count). The minimum Gasteiger partial charge on any atom is -0.316 e. The third-order valence-corrected chi connectivity index (χ3v) is 3.11. The van der Waals surface area contributed by atoms with E-state index in [0.29, 0.717) is 6.04 Å². The van der Waals surface area contributed by atoms with Crippen LogP contribution in [0.2, 0.25) is 0 Å². The average Bonchev–Trinajstić information content (AvgIpc) is 2.39. The Bertz CT molecular complexity index is 130. The van der Waals surface area contributed by atoms with Crippen molar-refractivity contribution in [2.75, 3.05) is 32.4 Å². The molecular weight excluding hydrogens is 180 g/mol. The topological polar surface area (TPSA) is 15.3 Å². The standard InChI is InChI=1S/C10H22N2S/c1-11-10-5-2-3-6-12(9-10)7-4-8-13/h10-11,13H,2-9H2,1H3. The zero-order valence-electron chi connectivity index (χ0n) is 8.63. The molecular formula is C10H22N2S. The third kappa shape index (κ3) is 4.34. The van der Waals surface area contributed by atoms with Gasteiger partial charge in [-0.2, -0.15) is 12.6 Å². The molecule has 1 aliphatic rings. The van der Waals surface area contributed by atoms with Crippen LogP contribution in [0.15, 0.2) is 0 Å². The lowest BCUT2D eigenvalue weighted by atomic mass is 10.1. The highest BCUT2D eigenvalue weighted by Crippen LogP contribution is 2.10. The molecule has 0 aromatic heterocycles. The SMILES string of the molecule is CNC1CCCCN(CCCS)C1. The normalized spacial score (nSPS) is 25.8. The summed E-state index contributed by atoms with van der Waals surface area (Å²) in [6.45, 7) is 3.73. The molecule has 1 saturated heterocycles. The van der Waals surface area contributed by atoms with E-state index in [0.717, 1.165) is 5.75 Å². The van der Waals surface area contributed by atoms with Gasteiger partial charge in [0.2, 0.25) is 0 Å². The van der Waals surface area contributed by atoms with E-state index in [1.54, 1.807) is 0 Å².